The van der Waals surface area contributed by atoms with Crippen LogP contribution in [0.1, 0.15) is 43.2 Å². The highest BCUT2D eigenvalue weighted by atomic mass is 79.9. The summed E-state index contributed by atoms with van der Waals surface area (Å²) in [6.45, 7) is 0.298. The molecule has 2 aromatic carbocycles. The van der Waals surface area contributed by atoms with E-state index in [0.717, 1.165) is 37.7 Å². The van der Waals surface area contributed by atoms with Crippen molar-refractivity contribution in [3.63, 3.8) is 0 Å². The summed E-state index contributed by atoms with van der Waals surface area (Å²) in [5.41, 5.74) is 1.40. The summed E-state index contributed by atoms with van der Waals surface area (Å²) in [5, 5.41) is 2.95. The third-order valence-electron chi connectivity index (χ3n) is 5.93. The standard InChI is InChI=1S/C25H24BrClN2O5/c1-33-21-13-16(12-20(26)22(21)34-14-15-7-9-17(27)10-8-15)11-19-23(30)28-25(32)29(24(19)31)18-5-3-2-4-6-18/h7-13,18H,2-6,14H2,1H3,(H,28,30,32). The van der Waals surface area contributed by atoms with Gasteiger partial charge in [0.05, 0.1) is 11.6 Å². The smallest absolute Gasteiger partial charge is 0.331 e. The van der Waals surface area contributed by atoms with Crippen molar-refractivity contribution in [2.75, 3.05) is 7.11 Å². The first kappa shape index (κ1) is 24.3. The molecule has 0 unspecified atom stereocenters. The molecular weight excluding hydrogens is 524 g/mol. The minimum atomic E-state index is -0.708. The molecule has 1 heterocycles. The fourth-order valence-electron chi connectivity index (χ4n) is 4.21. The number of hydrogen-bond donors (Lipinski definition) is 1. The van der Waals surface area contributed by atoms with E-state index in [2.05, 4.69) is 21.2 Å². The molecular formula is C25H24BrClN2O5. The lowest BCUT2D eigenvalue weighted by Crippen LogP contribution is -2.58. The highest BCUT2D eigenvalue weighted by Crippen LogP contribution is 2.38. The monoisotopic (exact) mass is 546 g/mol. The molecule has 2 aliphatic rings. The Hall–Kier alpha value is -2.84. The Balaban J connectivity index is 1.59. The van der Waals surface area contributed by atoms with E-state index in [1.165, 1.54) is 18.1 Å². The lowest BCUT2D eigenvalue weighted by Gasteiger charge is -2.35. The molecule has 178 valence electrons. The highest BCUT2D eigenvalue weighted by Gasteiger charge is 2.40. The van der Waals surface area contributed by atoms with Gasteiger partial charge in [-0.3, -0.25) is 19.8 Å². The number of halogens is 2. The van der Waals surface area contributed by atoms with Gasteiger partial charge in [-0.2, -0.15) is 0 Å². The zero-order valence-electron chi connectivity index (χ0n) is 18.6. The van der Waals surface area contributed by atoms with Gasteiger partial charge in [-0.15, -0.1) is 0 Å². The van der Waals surface area contributed by atoms with Crippen LogP contribution < -0.4 is 14.8 Å². The van der Waals surface area contributed by atoms with Gasteiger partial charge < -0.3 is 9.47 Å². The van der Waals surface area contributed by atoms with Crippen molar-refractivity contribution < 1.29 is 23.9 Å². The Bertz CT molecular complexity index is 1140. The van der Waals surface area contributed by atoms with Gasteiger partial charge in [-0.1, -0.05) is 43.0 Å². The van der Waals surface area contributed by atoms with Gasteiger partial charge in [0.1, 0.15) is 12.2 Å². The van der Waals surface area contributed by atoms with E-state index < -0.39 is 17.8 Å². The van der Waals surface area contributed by atoms with Crippen LogP contribution in [-0.2, 0) is 16.2 Å². The van der Waals surface area contributed by atoms with Crippen molar-refractivity contribution in [2.45, 2.75) is 44.8 Å². The molecule has 0 spiro atoms. The number of nitrogens with zero attached hydrogens (tertiary/aromatic N) is 1. The van der Waals surface area contributed by atoms with Crippen LogP contribution in [0.4, 0.5) is 4.79 Å². The summed E-state index contributed by atoms with van der Waals surface area (Å²) >= 11 is 9.43. The fraction of sp³-hybridized carbons (Fsp3) is 0.320. The molecule has 0 aromatic heterocycles. The summed E-state index contributed by atoms with van der Waals surface area (Å²) in [7, 11) is 1.51. The molecule has 7 nitrogen and oxygen atoms in total. The van der Waals surface area contributed by atoms with E-state index >= 15 is 0 Å². The van der Waals surface area contributed by atoms with E-state index in [1.54, 1.807) is 24.3 Å². The number of hydrogen-bond acceptors (Lipinski definition) is 5. The van der Waals surface area contributed by atoms with Gasteiger partial charge in [0, 0.05) is 11.1 Å². The molecule has 1 saturated heterocycles. The number of carbonyl (C=O) groups excluding carboxylic acids is 3. The summed E-state index contributed by atoms with van der Waals surface area (Å²) in [6.07, 6.45) is 5.96. The first-order valence-electron chi connectivity index (χ1n) is 11.0. The van der Waals surface area contributed by atoms with Crippen LogP contribution >= 0.6 is 27.5 Å². The number of barbiturate groups is 1. The predicted molar refractivity (Wildman–Crippen MR) is 132 cm³/mol. The summed E-state index contributed by atoms with van der Waals surface area (Å²) in [4.78, 5) is 39.3. The second kappa shape index (κ2) is 10.6. The average Bonchev–Trinajstić information content (AvgIpc) is 2.82. The van der Waals surface area contributed by atoms with Crippen LogP contribution in [0.2, 0.25) is 5.02 Å². The topological polar surface area (TPSA) is 84.9 Å². The van der Waals surface area contributed by atoms with Gasteiger partial charge in [0.2, 0.25) is 0 Å². The molecule has 0 bridgehead atoms. The number of benzene rings is 2. The lowest BCUT2D eigenvalue weighted by molar-refractivity contribution is -0.132. The highest BCUT2D eigenvalue weighted by molar-refractivity contribution is 9.10. The first-order valence-corrected chi connectivity index (χ1v) is 12.2. The van der Waals surface area contributed by atoms with Crippen molar-refractivity contribution in [3.05, 3.63) is 62.6 Å². The Kier molecular flexibility index (Phi) is 7.58. The first-order chi connectivity index (χ1) is 16.4. The van der Waals surface area contributed by atoms with Crippen LogP contribution in [0.5, 0.6) is 11.5 Å². The van der Waals surface area contributed by atoms with Crippen LogP contribution in [-0.4, -0.2) is 35.9 Å². The zero-order valence-corrected chi connectivity index (χ0v) is 20.9. The van der Waals surface area contributed by atoms with Crippen LogP contribution in [0.15, 0.2) is 46.4 Å². The average molecular weight is 548 g/mol. The van der Waals surface area contributed by atoms with Crippen LogP contribution in [0.3, 0.4) is 0 Å². The molecule has 0 atom stereocenters. The van der Waals surface area contributed by atoms with Gasteiger partial charge in [-0.25, -0.2) is 4.79 Å². The van der Waals surface area contributed by atoms with E-state index in [-0.39, 0.29) is 11.6 Å². The molecule has 0 radical (unpaired) electrons. The van der Waals surface area contributed by atoms with E-state index in [4.69, 9.17) is 21.1 Å². The van der Waals surface area contributed by atoms with Crippen molar-refractivity contribution in [1.82, 2.24) is 10.2 Å². The van der Waals surface area contributed by atoms with E-state index in [9.17, 15) is 14.4 Å². The maximum atomic E-state index is 13.1. The second-order valence-corrected chi connectivity index (χ2v) is 9.52. The molecule has 2 aromatic rings. The van der Waals surface area contributed by atoms with Gasteiger partial charge >= 0.3 is 6.03 Å². The minimum absolute atomic E-state index is 0.0889. The SMILES string of the molecule is COc1cc(C=C2C(=O)NC(=O)N(C3CCCCC3)C2=O)cc(Br)c1OCc1ccc(Cl)cc1. The summed E-state index contributed by atoms with van der Waals surface area (Å²) in [6, 6.07) is 9.88. The van der Waals surface area contributed by atoms with E-state index in [1.807, 2.05) is 12.1 Å². The molecule has 1 N–H and O–H groups in total. The Labute approximate surface area is 211 Å². The molecule has 1 aliphatic carbocycles. The van der Waals surface area contributed by atoms with Crippen molar-refractivity contribution in [1.29, 1.82) is 0 Å². The number of rotatable bonds is 6. The second-order valence-electron chi connectivity index (χ2n) is 8.23. The number of nitrogens with one attached hydrogen (secondary N) is 1. The molecule has 34 heavy (non-hydrogen) atoms. The van der Waals surface area contributed by atoms with Gasteiger partial charge in [0.25, 0.3) is 11.8 Å². The molecule has 4 rings (SSSR count). The zero-order chi connectivity index (χ0) is 24.2. The van der Waals surface area contributed by atoms with E-state index in [0.29, 0.717) is 33.2 Å². The van der Waals surface area contributed by atoms with Crippen molar-refractivity contribution >= 4 is 51.5 Å². The summed E-state index contributed by atoms with van der Waals surface area (Å²) < 4.78 is 12.0. The number of amides is 4. The van der Waals surface area contributed by atoms with Crippen LogP contribution in [0, 0.1) is 0 Å². The Morgan fingerprint density at radius 1 is 1.12 bits per heavy atom. The molecule has 4 amide bonds. The maximum absolute atomic E-state index is 13.1. The maximum Gasteiger partial charge on any atom is 0.331 e. The largest absolute Gasteiger partial charge is 0.493 e. The number of imide groups is 2. The third kappa shape index (κ3) is 5.28. The number of carbonyl (C=O) groups is 3. The predicted octanol–water partition coefficient (Wildman–Crippen LogP) is 5.48. The molecule has 1 saturated carbocycles. The number of urea groups is 1. The van der Waals surface area contributed by atoms with Gasteiger partial charge in [-0.05, 0) is 70.2 Å². The Morgan fingerprint density at radius 2 is 1.82 bits per heavy atom. The number of methoxy groups -OCH3 is 1. The molecule has 2 fully saturated rings. The third-order valence-corrected chi connectivity index (χ3v) is 6.77. The molecule has 1 aliphatic heterocycles. The number of ether oxygens (including phenoxy) is 2. The van der Waals surface area contributed by atoms with Crippen molar-refractivity contribution in [2.24, 2.45) is 0 Å². The normalized spacial score (nSPS) is 18.3. The van der Waals surface area contributed by atoms with Crippen molar-refractivity contribution in [3.8, 4) is 11.5 Å². The quantitative estimate of drug-likeness (QED) is 0.382. The minimum Gasteiger partial charge on any atom is -0.493 e. The lowest BCUT2D eigenvalue weighted by atomic mass is 9.93. The van der Waals surface area contributed by atoms with Gasteiger partial charge in [0.15, 0.2) is 11.5 Å². The molecule has 9 heteroatoms. The fourth-order valence-corrected chi connectivity index (χ4v) is 4.91. The summed E-state index contributed by atoms with van der Waals surface area (Å²) in [5.74, 6) is -0.365. The van der Waals surface area contributed by atoms with Crippen LogP contribution in [0.25, 0.3) is 6.08 Å². The Morgan fingerprint density at radius 3 is 2.50 bits per heavy atom.